The highest BCUT2D eigenvalue weighted by Crippen LogP contribution is 2.53. The summed E-state index contributed by atoms with van der Waals surface area (Å²) in [4.78, 5) is 18.4. The summed E-state index contributed by atoms with van der Waals surface area (Å²) in [5.74, 6) is 1.79. The van der Waals surface area contributed by atoms with Crippen molar-refractivity contribution in [2.24, 2.45) is 17.8 Å². The van der Waals surface area contributed by atoms with Crippen molar-refractivity contribution in [3.63, 3.8) is 0 Å². The molecule has 2 aromatic carbocycles. The van der Waals surface area contributed by atoms with Crippen LogP contribution in [-0.4, -0.2) is 41.5 Å². The maximum Gasteiger partial charge on any atom is 0.418 e. The van der Waals surface area contributed by atoms with Crippen LogP contribution in [0.4, 0.5) is 13.2 Å². The summed E-state index contributed by atoms with van der Waals surface area (Å²) >= 11 is 0. The molecule has 4 nitrogen and oxygen atoms in total. The Balaban J connectivity index is 0.983. The minimum absolute atomic E-state index is 0.0952. The average Bonchev–Trinajstić information content (AvgIpc) is 3.22. The zero-order valence-electron chi connectivity index (χ0n) is 21.2. The molecule has 3 aromatic rings. The normalized spacial score (nSPS) is 27.8. The van der Waals surface area contributed by atoms with Gasteiger partial charge in [0.2, 0.25) is 5.91 Å². The number of aromatic nitrogens is 1. The highest BCUT2D eigenvalue weighted by atomic mass is 19.4. The first kappa shape index (κ1) is 24.5. The Morgan fingerprint density at radius 1 is 1.00 bits per heavy atom. The summed E-state index contributed by atoms with van der Waals surface area (Å²) in [7, 11) is 0. The summed E-state index contributed by atoms with van der Waals surface area (Å²) in [5, 5.41) is 3.66. The van der Waals surface area contributed by atoms with Crippen LogP contribution in [0.5, 0.6) is 0 Å². The molecule has 1 aromatic heterocycles. The van der Waals surface area contributed by atoms with Gasteiger partial charge in [-0.2, -0.15) is 13.2 Å². The fourth-order valence-corrected chi connectivity index (χ4v) is 7.14. The Kier molecular flexibility index (Phi) is 6.30. The molecule has 2 heterocycles. The first-order chi connectivity index (χ1) is 17.8. The highest BCUT2D eigenvalue weighted by Gasteiger charge is 2.59. The van der Waals surface area contributed by atoms with Gasteiger partial charge in [-0.3, -0.25) is 9.69 Å². The van der Waals surface area contributed by atoms with Crippen molar-refractivity contribution in [2.45, 2.75) is 57.2 Å². The van der Waals surface area contributed by atoms with Crippen molar-refractivity contribution >= 4 is 16.8 Å². The molecule has 196 valence electrons. The number of hydrogen-bond acceptors (Lipinski definition) is 2. The van der Waals surface area contributed by atoms with Crippen LogP contribution < -0.4 is 5.32 Å². The van der Waals surface area contributed by atoms with E-state index in [0.29, 0.717) is 42.1 Å². The molecule has 2 saturated carbocycles. The number of benzene rings is 2. The Morgan fingerprint density at radius 3 is 2.38 bits per heavy atom. The molecular weight excluding hydrogens is 475 g/mol. The molecule has 6 rings (SSSR count). The molecule has 0 spiro atoms. The minimum Gasteiger partial charge on any atom is -0.358 e. The summed E-state index contributed by atoms with van der Waals surface area (Å²) in [6, 6.07) is 15.8. The quantitative estimate of drug-likeness (QED) is 0.425. The molecule has 37 heavy (non-hydrogen) atoms. The number of aromatic amines is 1. The molecule has 0 bridgehead atoms. The van der Waals surface area contributed by atoms with Crippen LogP contribution in [0, 0.1) is 24.7 Å². The Hall–Kier alpha value is -2.80. The number of aryl methyl sites for hydroxylation is 1. The van der Waals surface area contributed by atoms with Gasteiger partial charge in [0.15, 0.2) is 0 Å². The van der Waals surface area contributed by atoms with Crippen LogP contribution in [0.2, 0.25) is 0 Å². The van der Waals surface area contributed by atoms with E-state index in [1.54, 1.807) is 13.0 Å². The minimum atomic E-state index is -4.40. The summed E-state index contributed by atoms with van der Waals surface area (Å²) in [5.41, 5.74) is 2.51. The summed E-state index contributed by atoms with van der Waals surface area (Å²) in [6.45, 7) is 4.27. The zero-order valence-corrected chi connectivity index (χ0v) is 21.2. The molecule has 3 aliphatic rings. The van der Waals surface area contributed by atoms with E-state index >= 15 is 0 Å². The number of carbonyl (C=O) groups is 1. The number of H-pyrrole nitrogens is 1. The van der Waals surface area contributed by atoms with E-state index in [1.165, 1.54) is 37.3 Å². The molecule has 2 N–H and O–H groups in total. The predicted molar refractivity (Wildman–Crippen MR) is 138 cm³/mol. The number of carbonyl (C=O) groups excluding carboxylic acids is 1. The third kappa shape index (κ3) is 4.67. The maximum absolute atomic E-state index is 13.4. The van der Waals surface area contributed by atoms with Crippen molar-refractivity contribution in [2.75, 3.05) is 19.6 Å². The second-order valence-corrected chi connectivity index (χ2v) is 11.2. The van der Waals surface area contributed by atoms with E-state index in [-0.39, 0.29) is 17.3 Å². The molecular formula is C30H34F3N3O. The lowest BCUT2D eigenvalue weighted by atomic mass is 9.81. The molecule has 1 amide bonds. The molecule has 7 heteroatoms. The third-order valence-electron chi connectivity index (χ3n) is 9.14. The van der Waals surface area contributed by atoms with Crippen molar-refractivity contribution < 1.29 is 18.0 Å². The Morgan fingerprint density at radius 2 is 1.70 bits per heavy atom. The van der Waals surface area contributed by atoms with Crippen LogP contribution in [-0.2, 0) is 17.4 Å². The second kappa shape index (κ2) is 9.50. The van der Waals surface area contributed by atoms with E-state index in [9.17, 15) is 18.0 Å². The number of nitrogens with zero attached hydrogens (tertiary/aromatic N) is 1. The van der Waals surface area contributed by atoms with E-state index in [0.717, 1.165) is 30.4 Å². The lowest BCUT2D eigenvalue weighted by molar-refractivity contribution is -0.136. The number of para-hydroxylation sites is 1. The Bertz CT molecular complexity index is 1260. The number of rotatable bonds is 6. The van der Waals surface area contributed by atoms with Gasteiger partial charge in [-0.05, 0) is 74.0 Å². The molecule has 3 atom stereocenters. The van der Waals surface area contributed by atoms with Gasteiger partial charge in [0.05, 0.1) is 11.1 Å². The number of hydrogen-bond donors (Lipinski definition) is 2. The average molecular weight is 510 g/mol. The molecule has 1 aliphatic heterocycles. The number of likely N-dealkylation sites (tertiary alicyclic amines) is 1. The van der Waals surface area contributed by atoms with Crippen LogP contribution in [0.1, 0.15) is 54.0 Å². The largest absolute Gasteiger partial charge is 0.418 e. The van der Waals surface area contributed by atoms with Gasteiger partial charge >= 0.3 is 6.18 Å². The molecule has 3 fully saturated rings. The zero-order chi connectivity index (χ0) is 25.7. The van der Waals surface area contributed by atoms with E-state index in [4.69, 9.17) is 0 Å². The molecule has 0 radical (unpaired) electrons. The first-order valence-corrected chi connectivity index (χ1v) is 13.6. The summed E-state index contributed by atoms with van der Waals surface area (Å²) < 4.78 is 40.1. The topological polar surface area (TPSA) is 48.1 Å². The van der Waals surface area contributed by atoms with E-state index < -0.39 is 11.7 Å². The van der Waals surface area contributed by atoms with Gasteiger partial charge in [-0.25, -0.2) is 0 Å². The fourth-order valence-electron chi connectivity index (χ4n) is 7.14. The van der Waals surface area contributed by atoms with Gasteiger partial charge in [-0.15, -0.1) is 0 Å². The van der Waals surface area contributed by atoms with Gasteiger partial charge in [0.25, 0.3) is 0 Å². The number of alkyl halides is 3. The maximum atomic E-state index is 13.4. The molecule has 1 saturated heterocycles. The van der Waals surface area contributed by atoms with Crippen molar-refractivity contribution in [1.29, 1.82) is 0 Å². The fraction of sp³-hybridized carbons (Fsp3) is 0.500. The van der Waals surface area contributed by atoms with Crippen molar-refractivity contribution in [3.05, 3.63) is 70.9 Å². The second-order valence-electron chi connectivity index (χ2n) is 11.2. The van der Waals surface area contributed by atoms with Crippen LogP contribution in [0.15, 0.2) is 48.5 Å². The third-order valence-corrected chi connectivity index (χ3v) is 9.14. The van der Waals surface area contributed by atoms with E-state index in [2.05, 4.69) is 45.5 Å². The van der Waals surface area contributed by atoms with Gasteiger partial charge < -0.3 is 10.3 Å². The van der Waals surface area contributed by atoms with Gasteiger partial charge in [0, 0.05) is 42.7 Å². The van der Waals surface area contributed by atoms with E-state index in [1.807, 2.05) is 0 Å². The molecule has 1 unspecified atom stereocenters. The monoisotopic (exact) mass is 509 g/mol. The Labute approximate surface area is 215 Å². The number of halogens is 3. The number of piperidine rings is 1. The smallest absolute Gasteiger partial charge is 0.358 e. The predicted octanol–water partition coefficient (Wildman–Crippen LogP) is 6.06. The van der Waals surface area contributed by atoms with Crippen molar-refractivity contribution in [1.82, 2.24) is 15.2 Å². The number of fused-ring (bicyclic) bond motifs is 2. The standard InChI is InChI=1S/C30H34F3N3O/c1-18-22(23-8-5-9-26(28(23)35-18)30(31,32)33)14-15-34-29(37)27-24-16-36(17-25(24)27)21-12-10-20(11-13-21)19-6-3-2-4-7-19/h2-9,20-21,24-25,27,35H,10-17H2,1H3,(H,34,37)/t20?,21?,24-,25+,27?. The highest BCUT2D eigenvalue weighted by molar-refractivity contribution is 5.88. The van der Waals surface area contributed by atoms with Crippen LogP contribution in [0.25, 0.3) is 10.9 Å². The van der Waals surface area contributed by atoms with Gasteiger partial charge in [0.1, 0.15) is 0 Å². The lowest BCUT2D eigenvalue weighted by Crippen LogP contribution is -2.39. The lowest BCUT2D eigenvalue weighted by Gasteiger charge is -2.36. The van der Waals surface area contributed by atoms with Crippen LogP contribution in [0.3, 0.4) is 0 Å². The van der Waals surface area contributed by atoms with Crippen molar-refractivity contribution in [3.8, 4) is 0 Å². The first-order valence-electron chi connectivity index (χ1n) is 13.6. The SMILES string of the molecule is Cc1[nH]c2c(C(F)(F)F)cccc2c1CCNC(=O)C1[C@H]2CN(C3CCC(c4ccccc4)CC3)C[C@@H]12. The summed E-state index contributed by atoms with van der Waals surface area (Å²) in [6.07, 6.45) is 1.05. The molecule has 2 aliphatic carbocycles. The number of amides is 1. The van der Waals surface area contributed by atoms with Crippen LogP contribution >= 0.6 is 0 Å². The number of nitrogens with one attached hydrogen (secondary N) is 2. The van der Waals surface area contributed by atoms with Gasteiger partial charge in [-0.1, -0.05) is 42.5 Å².